The van der Waals surface area contributed by atoms with Gasteiger partial charge in [-0.3, -0.25) is 9.78 Å². The fourth-order valence-electron chi connectivity index (χ4n) is 3.54. The van der Waals surface area contributed by atoms with Gasteiger partial charge < -0.3 is 9.72 Å². The summed E-state index contributed by atoms with van der Waals surface area (Å²) in [5, 5.41) is 1.53. The second-order valence-electron chi connectivity index (χ2n) is 6.98. The molecule has 0 atom stereocenters. The largest absolute Gasteiger partial charge is 0.454 e. The molecule has 3 aromatic heterocycles. The molecule has 6 nitrogen and oxygen atoms in total. The Balaban J connectivity index is 1.66. The molecule has 0 aliphatic rings. The summed E-state index contributed by atoms with van der Waals surface area (Å²) in [6, 6.07) is 7.73. The maximum absolute atomic E-state index is 12.9. The van der Waals surface area contributed by atoms with Crippen LogP contribution < -0.4 is 5.56 Å². The number of ether oxygens (including phenoxy) is 1. The summed E-state index contributed by atoms with van der Waals surface area (Å²) in [6.07, 6.45) is 0.616. The monoisotopic (exact) mass is 407 g/mol. The number of aryl methyl sites for hydroxylation is 4. The number of nitrogens with zero attached hydrogens (tertiary/aromatic N) is 2. The van der Waals surface area contributed by atoms with Crippen molar-refractivity contribution in [1.82, 2.24) is 15.0 Å². The Morgan fingerprint density at radius 3 is 2.66 bits per heavy atom. The molecule has 148 valence electrons. The fourth-order valence-corrected chi connectivity index (χ4v) is 4.59. The highest BCUT2D eigenvalue weighted by atomic mass is 32.1. The first-order chi connectivity index (χ1) is 13.9. The van der Waals surface area contributed by atoms with Crippen molar-refractivity contribution in [2.24, 2.45) is 0 Å². The normalized spacial score (nSPS) is 11.3. The molecular weight excluding hydrogens is 386 g/mol. The van der Waals surface area contributed by atoms with Crippen LogP contribution in [0.5, 0.6) is 0 Å². The molecule has 0 amide bonds. The van der Waals surface area contributed by atoms with Crippen molar-refractivity contribution < 1.29 is 9.53 Å². The van der Waals surface area contributed by atoms with Crippen LogP contribution in [0.25, 0.3) is 21.1 Å². The first-order valence-electron chi connectivity index (χ1n) is 9.45. The van der Waals surface area contributed by atoms with Crippen LogP contribution in [0.1, 0.15) is 44.8 Å². The second-order valence-corrected chi connectivity index (χ2v) is 8.18. The number of rotatable bonds is 4. The molecule has 0 radical (unpaired) electrons. The highest BCUT2D eigenvalue weighted by Crippen LogP contribution is 2.26. The highest BCUT2D eigenvalue weighted by Gasteiger charge is 2.20. The molecule has 7 heteroatoms. The maximum atomic E-state index is 12.9. The zero-order chi connectivity index (χ0) is 20.7. The summed E-state index contributed by atoms with van der Waals surface area (Å²) >= 11 is 1.47. The minimum atomic E-state index is -0.459. The summed E-state index contributed by atoms with van der Waals surface area (Å²) in [7, 11) is 0. The minimum absolute atomic E-state index is 0.102. The number of aromatic amines is 1. The number of para-hydroxylation sites is 1. The van der Waals surface area contributed by atoms with Gasteiger partial charge in [-0.25, -0.2) is 9.78 Å². The number of aromatic nitrogens is 3. The van der Waals surface area contributed by atoms with E-state index in [2.05, 4.69) is 15.0 Å². The molecule has 3 heterocycles. The standard InChI is InChI=1S/C22H21N3O3S/c1-5-15-18(12(3)14-8-6-7-9-16(14)23-15)22(27)28-10-17-24-20(26)19-11(2)13(4)29-21(19)25-17/h6-9H,5,10H2,1-4H3,(H,24,25,26). The van der Waals surface area contributed by atoms with Gasteiger partial charge in [0.05, 0.1) is 22.2 Å². The van der Waals surface area contributed by atoms with Crippen LogP contribution in [0.4, 0.5) is 0 Å². The lowest BCUT2D eigenvalue weighted by Crippen LogP contribution is -2.16. The molecule has 1 aromatic carbocycles. The van der Waals surface area contributed by atoms with Gasteiger partial charge in [-0.1, -0.05) is 25.1 Å². The van der Waals surface area contributed by atoms with Gasteiger partial charge >= 0.3 is 5.97 Å². The topological polar surface area (TPSA) is 84.9 Å². The number of benzene rings is 1. The number of carbonyl (C=O) groups excluding carboxylic acids is 1. The van der Waals surface area contributed by atoms with Crippen LogP contribution in [-0.4, -0.2) is 20.9 Å². The van der Waals surface area contributed by atoms with Crippen LogP contribution in [0.3, 0.4) is 0 Å². The van der Waals surface area contributed by atoms with Crippen molar-refractivity contribution in [3.05, 3.63) is 67.7 Å². The lowest BCUT2D eigenvalue weighted by molar-refractivity contribution is 0.0460. The van der Waals surface area contributed by atoms with Crippen molar-refractivity contribution in [3.8, 4) is 0 Å². The van der Waals surface area contributed by atoms with E-state index in [1.165, 1.54) is 11.3 Å². The molecule has 4 rings (SSSR count). The summed E-state index contributed by atoms with van der Waals surface area (Å²) in [6.45, 7) is 7.63. The number of H-pyrrole nitrogens is 1. The number of hydrogen-bond acceptors (Lipinski definition) is 6. The van der Waals surface area contributed by atoms with E-state index < -0.39 is 5.97 Å². The smallest absolute Gasteiger partial charge is 0.340 e. The molecule has 29 heavy (non-hydrogen) atoms. The molecule has 1 N–H and O–H groups in total. The zero-order valence-electron chi connectivity index (χ0n) is 16.8. The summed E-state index contributed by atoms with van der Waals surface area (Å²) in [5.41, 5.74) is 3.62. The van der Waals surface area contributed by atoms with E-state index in [9.17, 15) is 9.59 Å². The maximum Gasteiger partial charge on any atom is 0.340 e. The molecular formula is C22H21N3O3S. The van der Waals surface area contributed by atoms with Crippen LogP contribution in [-0.2, 0) is 17.8 Å². The summed E-state index contributed by atoms with van der Waals surface area (Å²) < 4.78 is 5.52. The van der Waals surface area contributed by atoms with Crippen LogP contribution in [0, 0.1) is 20.8 Å². The van der Waals surface area contributed by atoms with Gasteiger partial charge in [0, 0.05) is 10.3 Å². The minimum Gasteiger partial charge on any atom is -0.454 e. The number of fused-ring (bicyclic) bond motifs is 2. The number of esters is 1. The van der Waals surface area contributed by atoms with Gasteiger partial charge in [0.15, 0.2) is 0 Å². The Morgan fingerprint density at radius 2 is 1.90 bits per heavy atom. The van der Waals surface area contributed by atoms with E-state index in [-0.39, 0.29) is 12.2 Å². The van der Waals surface area contributed by atoms with Gasteiger partial charge in [-0.2, -0.15) is 0 Å². The lowest BCUT2D eigenvalue weighted by Gasteiger charge is -2.13. The molecule has 0 aliphatic carbocycles. The van der Waals surface area contributed by atoms with E-state index in [1.54, 1.807) is 0 Å². The molecule has 0 saturated heterocycles. The lowest BCUT2D eigenvalue weighted by atomic mass is 10.0. The van der Waals surface area contributed by atoms with Gasteiger partial charge in [0.2, 0.25) is 0 Å². The third-order valence-corrected chi connectivity index (χ3v) is 6.30. The van der Waals surface area contributed by atoms with Gasteiger partial charge in [-0.05, 0) is 44.4 Å². The number of thiophene rings is 1. The quantitative estimate of drug-likeness (QED) is 0.508. The van der Waals surface area contributed by atoms with E-state index in [0.29, 0.717) is 33.7 Å². The average Bonchev–Trinajstić information content (AvgIpc) is 3.00. The Hall–Kier alpha value is -3.06. The Labute approximate surface area is 171 Å². The first kappa shape index (κ1) is 19.3. The van der Waals surface area contributed by atoms with Gasteiger partial charge in [-0.15, -0.1) is 11.3 Å². The number of hydrogen-bond donors (Lipinski definition) is 1. The predicted octanol–water partition coefficient (Wildman–Crippen LogP) is 4.38. The van der Waals surface area contributed by atoms with E-state index in [0.717, 1.165) is 26.9 Å². The molecule has 0 aliphatic heterocycles. The van der Waals surface area contributed by atoms with Crippen molar-refractivity contribution in [1.29, 1.82) is 0 Å². The summed E-state index contributed by atoms with van der Waals surface area (Å²) in [5.74, 6) is -0.125. The van der Waals surface area contributed by atoms with Gasteiger partial charge in [0.25, 0.3) is 5.56 Å². The van der Waals surface area contributed by atoms with E-state index >= 15 is 0 Å². The molecule has 0 bridgehead atoms. The Kier molecular flexibility index (Phi) is 4.92. The molecule has 4 aromatic rings. The molecule has 0 saturated carbocycles. The van der Waals surface area contributed by atoms with Crippen LogP contribution in [0.15, 0.2) is 29.1 Å². The molecule has 0 spiro atoms. The highest BCUT2D eigenvalue weighted by molar-refractivity contribution is 7.18. The Morgan fingerprint density at radius 1 is 1.14 bits per heavy atom. The SMILES string of the molecule is CCc1nc2ccccc2c(C)c1C(=O)OCc1nc2sc(C)c(C)c2c(=O)[nH]1. The summed E-state index contributed by atoms with van der Waals surface area (Å²) in [4.78, 5) is 38.8. The second kappa shape index (κ2) is 7.40. The zero-order valence-corrected chi connectivity index (χ0v) is 17.6. The Bertz CT molecular complexity index is 1320. The van der Waals surface area contributed by atoms with Crippen molar-refractivity contribution in [3.63, 3.8) is 0 Å². The third-order valence-electron chi connectivity index (χ3n) is 5.19. The first-order valence-corrected chi connectivity index (χ1v) is 10.3. The van der Waals surface area contributed by atoms with Gasteiger partial charge in [0.1, 0.15) is 17.3 Å². The van der Waals surface area contributed by atoms with E-state index in [4.69, 9.17) is 4.74 Å². The van der Waals surface area contributed by atoms with E-state index in [1.807, 2.05) is 52.0 Å². The number of pyridine rings is 1. The fraction of sp³-hybridized carbons (Fsp3) is 0.273. The third kappa shape index (κ3) is 3.31. The van der Waals surface area contributed by atoms with Crippen LogP contribution in [0.2, 0.25) is 0 Å². The van der Waals surface area contributed by atoms with Crippen molar-refractivity contribution in [2.75, 3.05) is 0 Å². The van der Waals surface area contributed by atoms with Crippen molar-refractivity contribution in [2.45, 2.75) is 40.7 Å². The molecule has 0 unspecified atom stereocenters. The van der Waals surface area contributed by atoms with Crippen LogP contribution >= 0.6 is 11.3 Å². The number of nitrogens with one attached hydrogen (secondary N) is 1. The predicted molar refractivity (Wildman–Crippen MR) is 115 cm³/mol. The van der Waals surface area contributed by atoms with Crippen molar-refractivity contribution >= 4 is 38.4 Å². The molecule has 0 fully saturated rings. The number of carbonyl (C=O) groups is 1. The average molecular weight is 407 g/mol.